The van der Waals surface area contributed by atoms with Crippen molar-refractivity contribution >= 4 is 11.9 Å². The minimum Gasteiger partial charge on any atom is -0.481 e. The lowest BCUT2D eigenvalue weighted by Gasteiger charge is -2.18. The van der Waals surface area contributed by atoms with Gasteiger partial charge < -0.3 is 10.4 Å². The zero-order chi connectivity index (χ0) is 13.8. The Morgan fingerprint density at radius 3 is 2.67 bits per heavy atom. The van der Waals surface area contributed by atoms with Crippen molar-refractivity contribution in [3.05, 3.63) is 29.6 Å². The van der Waals surface area contributed by atoms with Crippen LogP contribution in [0.4, 0.5) is 0 Å². The molecule has 1 amide bonds. The van der Waals surface area contributed by atoms with Crippen LogP contribution in [0.15, 0.2) is 18.3 Å². The monoisotopic (exact) mass is 250 g/mol. The molecule has 0 saturated heterocycles. The molecule has 0 fully saturated rings. The molecule has 1 heterocycles. The number of aliphatic carboxylic acids is 1. The number of amides is 1. The molecule has 0 aliphatic carbocycles. The van der Waals surface area contributed by atoms with E-state index in [9.17, 15) is 9.59 Å². The lowest BCUT2D eigenvalue weighted by atomic mass is 9.87. The number of nitrogens with one attached hydrogen (secondary N) is 1. The summed E-state index contributed by atoms with van der Waals surface area (Å²) >= 11 is 0. The van der Waals surface area contributed by atoms with Gasteiger partial charge in [-0.3, -0.25) is 14.6 Å². The van der Waals surface area contributed by atoms with E-state index in [2.05, 4.69) is 10.3 Å². The molecule has 0 aromatic carbocycles. The normalized spacial score (nSPS) is 11.1. The predicted molar refractivity (Wildman–Crippen MR) is 67.4 cm³/mol. The Balaban J connectivity index is 2.89. The molecule has 2 N–H and O–H groups in total. The number of pyridine rings is 1. The van der Waals surface area contributed by atoms with Crippen molar-refractivity contribution in [1.29, 1.82) is 0 Å². The molecule has 0 unspecified atom stereocenters. The molecule has 5 heteroatoms. The summed E-state index contributed by atoms with van der Waals surface area (Å²) in [4.78, 5) is 26.8. The van der Waals surface area contributed by atoms with E-state index in [4.69, 9.17) is 5.11 Å². The average Bonchev–Trinajstić information content (AvgIpc) is 2.29. The highest BCUT2D eigenvalue weighted by atomic mass is 16.4. The van der Waals surface area contributed by atoms with Crippen LogP contribution in [0.5, 0.6) is 0 Å². The molecule has 0 aliphatic heterocycles. The molecule has 5 nitrogen and oxygen atoms in total. The van der Waals surface area contributed by atoms with Gasteiger partial charge in [0.25, 0.3) is 5.91 Å². The van der Waals surface area contributed by atoms with Crippen molar-refractivity contribution in [2.24, 2.45) is 5.41 Å². The summed E-state index contributed by atoms with van der Waals surface area (Å²) in [6, 6.07) is 3.25. The third-order valence-corrected chi connectivity index (χ3v) is 2.62. The zero-order valence-electron chi connectivity index (χ0n) is 10.9. The molecule has 0 aliphatic rings. The summed E-state index contributed by atoms with van der Waals surface area (Å²) in [6.45, 7) is 5.66. The van der Waals surface area contributed by atoms with Crippen molar-refractivity contribution in [3.8, 4) is 0 Å². The van der Waals surface area contributed by atoms with Gasteiger partial charge in [-0.25, -0.2) is 0 Å². The topological polar surface area (TPSA) is 79.3 Å². The second-order valence-electron chi connectivity index (χ2n) is 4.76. The Labute approximate surface area is 106 Å². The van der Waals surface area contributed by atoms with E-state index >= 15 is 0 Å². The molecule has 0 bridgehead atoms. The Bertz CT molecular complexity index is 455. The molecule has 0 atom stereocenters. The maximum absolute atomic E-state index is 11.6. The highest BCUT2D eigenvalue weighted by molar-refractivity contribution is 5.94. The third kappa shape index (κ3) is 3.55. The van der Waals surface area contributed by atoms with Crippen molar-refractivity contribution in [3.63, 3.8) is 0 Å². The second kappa shape index (κ2) is 5.62. The Morgan fingerprint density at radius 1 is 1.44 bits per heavy atom. The number of rotatable bonds is 5. The van der Waals surface area contributed by atoms with Crippen molar-refractivity contribution < 1.29 is 14.7 Å². The smallest absolute Gasteiger partial charge is 0.309 e. The van der Waals surface area contributed by atoms with E-state index in [1.54, 1.807) is 26.0 Å². The standard InChI is InChI=1S/C13H18N2O3/c1-4-14-11(16)9-5-6-15-10(7-9)8-13(2,3)12(17)18/h5-7H,4,8H2,1-3H3,(H,14,16)(H,17,18). The van der Waals surface area contributed by atoms with Crippen LogP contribution < -0.4 is 5.32 Å². The zero-order valence-corrected chi connectivity index (χ0v) is 10.9. The molecular weight excluding hydrogens is 232 g/mol. The lowest BCUT2D eigenvalue weighted by Crippen LogP contribution is -2.27. The van der Waals surface area contributed by atoms with Gasteiger partial charge in [-0.2, -0.15) is 0 Å². The van der Waals surface area contributed by atoms with E-state index in [-0.39, 0.29) is 12.3 Å². The van der Waals surface area contributed by atoms with Crippen LogP contribution in [0.1, 0.15) is 36.8 Å². The highest BCUT2D eigenvalue weighted by Crippen LogP contribution is 2.21. The van der Waals surface area contributed by atoms with Gasteiger partial charge in [0.15, 0.2) is 0 Å². The van der Waals surface area contributed by atoms with Crippen LogP contribution in [0.3, 0.4) is 0 Å². The lowest BCUT2D eigenvalue weighted by molar-refractivity contribution is -0.146. The first-order valence-corrected chi connectivity index (χ1v) is 5.83. The maximum Gasteiger partial charge on any atom is 0.309 e. The van der Waals surface area contributed by atoms with Gasteiger partial charge in [-0.05, 0) is 32.9 Å². The molecule has 0 saturated carbocycles. The molecular formula is C13H18N2O3. The number of carboxylic acid groups (broad SMARTS) is 1. The predicted octanol–water partition coefficient (Wildman–Crippen LogP) is 1.48. The number of carbonyl (C=O) groups excluding carboxylic acids is 1. The van der Waals surface area contributed by atoms with E-state index in [0.29, 0.717) is 17.8 Å². The van der Waals surface area contributed by atoms with Gasteiger partial charge in [0.1, 0.15) is 0 Å². The third-order valence-electron chi connectivity index (χ3n) is 2.62. The van der Waals surface area contributed by atoms with Crippen LogP contribution in [0, 0.1) is 5.41 Å². The number of carboxylic acids is 1. The van der Waals surface area contributed by atoms with Gasteiger partial charge in [-0.15, -0.1) is 0 Å². The quantitative estimate of drug-likeness (QED) is 0.829. The molecule has 0 spiro atoms. The Hall–Kier alpha value is -1.91. The van der Waals surface area contributed by atoms with Crippen LogP contribution in [0.2, 0.25) is 0 Å². The number of hydrogen-bond donors (Lipinski definition) is 2. The fourth-order valence-corrected chi connectivity index (χ4v) is 1.51. The summed E-state index contributed by atoms with van der Waals surface area (Å²) < 4.78 is 0. The summed E-state index contributed by atoms with van der Waals surface area (Å²) in [7, 11) is 0. The number of hydrogen-bond acceptors (Lipinski definition) is 3. The van der Waals surface area contributed by atoms with Gasteiger partial charge >= 0.3 is 5.97 Å². The summed E-state index contributed by atoms with van der Waals surface area (Å²) in [6.07, 6.45) is 1.81. The van der Waals surface area contributed by atoms with Gasteiger partial charge in [-0.1, -0.05) is 0 Å². The second-order valence-corrected chi connectivity index (χ2v) is 4.76. The van der Waals surface area contributed by atoms with Crippen LogP contribution >= 0.6 is 0 Å². The van der Waals surface area contributed by atoms with Gasteiger partial charge in [0.2, 0.25) is 0 Å². The van der Waals surface area contributed by atoms with Gasteiger partial charge in [0.05, 0.1) is 5.41 Å². The SMILES string of the molecule is CCNC(=O)c1ccnc(CC(C)(C)C(=O)O)c1. The van der Waals surface area contributed by atoms with E-state index in [1.807, 2.05) is 6.92 Å². The van der Waals surface area contributed by atoms with Crippen LogP contribution in [-0.2, 0) is 11.2 Å². The number of aromatic nitrogens is 1. The van der Waals surface area contributed by atoms with E-state index < -0.39 is 11.4 Å². The van der Waals surface area contributed by atoms with E-state index in [1.165, 1.54) is 6.20 Å². The van der Waals surface area contributed by atoms with E-state index in [0.717, 1.165) is 0 Å². The largest absolute Gasteiger partial charge is 0.481 e. The van der Waals surface area contributed by atoms with Crippen molar-refractivity contribution in [1.82, 2.24) is 10.3 Å². The summed E-state index contributed by atoms with van der Waals surface area (Å²) in [5, 5.41) is 11.7. The molecule has 0 radical (unpaired) electrons. The van der Waals surface area contributed by atoms with Crippen LogP contribution in [0.25, 0.3) is 0 Å². The Morgan fingerprint density at radius 2 is 2.11 bits per heavy atom. The van der Waals surface area contributed by atoms with Crippen molar-refractivity contribution in [2.45, 2.75) is 27.2 Å². The van der Waals surface area contributed by atoms with Gasteiger partial charge in [0, 0.05) is 30.4 Å². The van der Waals surface area contributed by atoms with Crippen LogP contribution in [-0.4, -0.2) is 28.5 Å². The first-order valence-electron chi connectivity index (χ1n) is 5.83. The average molecular weight is 250 g/mol. The minimum atomic E-state index is -0.896. The Kier molecular flexibility index (Phi) is 4.42. The maximum atomic E-state index is 11.6. The number of nitrogens with zero attached hydrogens (tertiary/aromatic N) is 1. The molecule has 1 aromatic rings. The fourth-order valence-electron chi connectivity index (χ4n) is 1.51. The molecule has 1 aromatic heterocycles. The molecule has 18 heavy (non-hydrogen) atoms. The number of carbonyl (C=O) groups is 2. The summed E-state index contributed by atoms with van der Waals surface area (Å²) in [5.74, 6) is -1.05. The first-order chi connectivity index (χ1) is 8.36. The van der Waals surface area contributed by atoms with Crippen molar-refractivity contribution in [2.75, 3.05) is 6.54 Å². The molecule has 1 rings (SSSR count). The first kappa shape index (κ1) is 14.2. The minimum absolute atomic E-state index is 0.172. The fraction of sp³-hybridized carbons (Fsp3) is 0.462. The highest BCUT2D eigenvalue weighted by Gasteiger charge is 2.28. The molecule has 98 valence electrons. The summed E-state index contributed by atoms with van der Waals surface area (Å²) in [5.41, 5.74) is 0.210.